The highest BCUT2D eigenvalue weighted by Gasteiger charge is 2.29. The van der Waals surface area contributed by atoms with Gasteiger partial charge in [-0.15, -0.1) is 11.3 Å². The number of amides is 3. The van der Waals surface area contributed by atoms with Gasteiger partial charge in [0.15, 0.2) is 0 Å². The van der Waals surface area contributed by atoms with E-state index in [2.05, 4.69) is 26.6 Å². The number of likely N-dealkylation sites (tertiary alicyclic amines) is 1. The third-order valence-electron chi connectivity index (χ3n) is 3.02. The number of nitrogens with zero attached hydrogens (tertiary/aromatic N) is 1. The lowest BCUT2D eigenvalue weighted by Crippen LogP contribution is -2.46. The molecule has 0 saturated carbocycles. The van der Waals surface area contributed by atoms with Crippen molar-refractivity contribution >= 4 is 39.2 Å². The average Bonchev–Trinajstić information content (AvgIpc) is 2.90. The first kappa shape index (κ1) is 14.3. The Bertz CT molecular complexity index is 477. The lowest BCUT2D eigenvalue weighted by atomic mass is 10.2. The van der Waals surface area contributed by atoms with E-state index in [0.717, 1.165) is 10.2 Å². The van der Waals surface area contributed by atoms with Gasteiger partial charge in [-0.3, -0.25) is 4.79 Å². The smallest absolute Gasteiger partial charge is 0.315 e. The normalized spacial score (nSPS) is 18.7. The molecule has 1 aromatic heterocycles. The second kappa shape index (κ2) is 6.38. The first-order valence-electron chi connectivity index (χ1n) is 6.10. The Morgan fingerprint density at radius 1 is 1.58 bits per heavy atom. The van der Waals surface area contributed by atoms with Crippen molar-refractivity contribution in [3.63, 3.8) is 0 Å². The van der Waals surface area contributed by atoms with Crippen molar-refractivity contribution in [1.82, 2.24) is 15.5 Å². The summed E-state index contributed by atoms with van der Waals surface area (Å²) in [6.45, 7) is 1.27. The summed E-state index contributed by atoms with van der Waals surface area (Å²) >= 11 is 5.06. The SMILES string of the molecule is CN1CC[C@H](NC(=O)NCCc2ccc(Br)s2)C1=O. The molecule has 0 bridgehead atoms. The van der Waals surface area contributed by atoms with Crippen molar-refractivity contribution < 1.29 is 9.59 Å². The second-order valence-corrected chi connectivity index (χ2v) is 7.00. The van der Waals surface area contributed by atoms with E-state index < -0.39 is 0 Å². The molecule has 1 fully saturated rings. The topological polar surface area (TPSA) is 61.4 Å². The third-order valence-corrected chi connectivity index (χ3v) is 4.70. The third kappa shape index (κ3) is 3.94. The summed E-state index contributed by atoms with van der Waals surface area (Å²) < 4.78 is 1.09. The average molecular weight is 346 g/mol. The van der Waals surface area contributed by atoms with Crippen molar-refractivity contribution in [2.24, 2.45) is 0 Å². The van der Waals surface area contributed by atoms with Crippen molar-refractivity contribution in [1.29, 1.82) is 0 Å². The number of hydrogen-bond donors (Lipinski definition) is 2. The molecule has 19 heavy (non-hydrogen) atoms. The van der Waals surface area contributed by atoms with Crippen LogP contribution in [0.4, 0.5) is 4.79 Å². The molecule has 1 atom stereocenters. The molecule has 0 aliphatic carbocycles. The monoisotopic (exact) mass is 345 g/mol. The Morgan fingerprint density at radius 2 is 2.37 bits per heavy atom. The summed E-state index contributed by atoms with van der Waals surface area (Å²) in [5, 5.41) is 5.48. The van der Waals surface area contributed by atoms with Crippen LogP contribution in [0.1, 0.15) is 11.3 Å². The van der Waals surface area contributed by atoms with Crippen LogP contribution in [0.2, 0.25) is 0 Å². The fraction of sp³-hybridized carbons (Fsp3) is 0.500. The quantitative estimate of drug-likeness (QED) is 0.870. The zero-order valence-electron chi connectivity index (χ0n) is 10.6. The molecule has 104 valence electrons. The number of nitrogens with one attached hydrogen (secondary N) is 2. The van der Waals surface area contributed by atoms with Gasteiger partial charge < -0.3 is 15.5 Å². The molecular weight excluding hydrogens is 330 g/mol. The Kier molecular flexibility index (Phi) is 4.81. The van der Waals surface area contributed by atoms with Gasteiger partial charge in [-0.2, -0.15) is 0 Å². The number of carbonyl (C=O) groups is 2. The maximum atomic E-state index is 11.6. The Balaban J connectivity index is 1.69. The Hall–Kier alpha value is -1.08. The van der Waals surface area contributed by atoms with E-state index in [1.807, 2.05) is 12.1 Å². The van der Waals surface area contributed by atoms with Crippen LogP contribution in [0.5, 0.6) is 0 Å². The number of urea groups is 1. The van der Waals surface area contributed by atoms with Crippen molar-refractivity contribution in [3.8, 4) is 0 Å². The molecule has 5 nitrogen and oxygen atoms in total. The zero-order valence-corrected chi connectivity index (χ0v) is 13.0. The van der Waals surface area contributed by atoms with Gasteiger partial charge in [-0.05, 0) is 40.9 Å². The molecule has 0 spiro atoms. The maximum absolute atomic E-state index is 11.6. The largest absolute Gasteiger partial charge is 0.344 e. The van der Waals surface area contributed by atoms with Crippen LogP contribution in [-0.4, -0.2) is 43.0 Å². The molecule has 1 aliphatic heterocycles. The number of hydrogen-bond acceptors (Lipinski definition) is 3. The molecule has 2 N–H and O–H groups in total. The van der Waals surface area contributed by atoms with Crippen LogP contribution >= 0.6 is 27.3 Å². The van der Waals surface area contributed by atoms with Crippen LogP contribution in [0, 0.1) is 0 Å². The van der Waals surface area contributed by atoms with Crippen LogP contribution in [0.3, 0.4) is 0 Å². The van der Waals surface area contributed by atoms with Gasteiger partial charge in [0.25, 0.3) is 0 Å². The van der Waals surface area contributed by atoms with Crippen molar-refractivity contribution in [3.05, 3.63) is 20.8 Å². The van der Waals surface area contributed by atoms with Gasteiger partial charge in [0.1, 0.15) is 6.04 Å². The van der Waals surface area contributed by atoms with E-state index >= 15 is 0 Å². The summed E-state index contributed by atoms with van der Waals surface area (Å²) in [5.74, 6) is -0.0164. The highest BCUT2D eigenvalue weighted by atomic mass is 79.9. The van der Waals surface area contributed by atoms with E-state index in [4.69, 9.17) is 0 Å². The van der Waals surface area contributed by atoms with Gasteiger partial charge in [0, 0.05) is 25.0 Å². The fourth-order valence-corrected chi connectivity index (χ4v) is 3.43. The summed E-state index contributed by atoms with van der Waals surface area (Å²) in [7, 11) is 1.75. The summed E-state index contributed by atoms with van der Waals surface area (Å²) in [6.07, 6.45) is 1.48. The fourth-order valence-electron chi connectivity index (χ4n) is 1.95. The number of carbonyl (C=O) groups excluding carboxylic acids is 2. The van der Waals surface area contributed by atoms with Gasteiger partial charge in [-0.1, -0.05) is 0 Å². The van der Waals surface area contributed by atoms with E-state index in [0.29, 0.717) is 19.5 Å². The molecule has 2 heterocycles. The Morgan fingerprint density at radius 3 is 2.95 bits per heavy atom. The second-order valence-electron chi connectivity index (χ2n) is 4.46. The summed E-state index contributed by atoms with van der Waals surface area (Å²) in [5.41, 5.74) is 0. The molecule has 0 aromatic carbocycles. The molecule has 2 rings (SSSR count). The zero-order chi connectivity index (χ0) is 13.8. The predicted molar refractivity (Wildman–Crippen MR) is 78.3 cm³/mol. The van der Waals surface area contributed by atoms with E-state index in [1.165, 1.54) is 4.88 Å². The first-order valence-corrected chi connectivity index (χ1v) is 7.71. The number of rotatable bonds is 4. The van der Waals surface area contributed by atoms with Crippen molar-refractivity contribution in [2.75, 3.05) is 20.1 Å². The first-order chi connectivity index (χ1) is 9.06. The molecule has 1 saturated heterocycles. The van der Waals surface area contributed by atoms with Gasteiger partial charge in [-0.25, -0.2) is 4.79 Å². The summed E-state index contributed by atoms with van der Waals surface area (Å²) in [4.78, 5) is 26.1. The predicted octanol–water partition coefficient (Wildman–Crippen LogP) is 1.58. The molecule has 1 aliphatic rings. The molecule has 1 aromatic rings. The lowest BCUT2D eigenvalue weighted by molar-refractivity contribution is -0.128. The maximum Gasteiger partial charge on any atom is 0.315 e. The Labute approximate surface area is 124 Å². The number of likely N-dealkylation sites (N-methyl/N-ethyl adjacent to an activating group) is 1. The van der Waals surface area contributed by atoms with Gasteiger partial charge in [0.05, 0.1) is 3.79 Å². The minimum absolute atomic E-state index is 0.0164. The lowest BCUT2D eigenvalue weighted by Gasteiger charge is -2.12. The van der Waals surface area contributed by atoms with Crippen molar-refractivity contribution in [2.45, 2.75) is 18.9 Å². The minimum atomic E-state index is -0.374. The molecular formula is C12H16BrN3O2S. The highest BCUT2D eigenvalue weighted by molar-refractivity contribution is 9.11. The van der Waals surface area contributed by atoms with E-state index in [1.54, 1.807) is 23.3 Å². The number of halogens is 1. The molecule has 7 heteroatoms. The summed E-state index contributed by atoms with van der Waals surface area (Å²) in [6, 6.07) is 3.38. The van der Waals surface area contributed by atoms with Gasteiger partial charge in [0.2, 0.25) is 5.91 Å². The number of thiophene rings is 1. The minimum Gasteiger partial charge on any atom is -0.344 e. The van der Waals surface area contributed by atoms with E-state index in [9.17, 15) is 9.59 Å². The van der Waals surface area contributed by atoms with Crippen LogP contribution in [0.25, 0.3) is 0 Å². The van der Waals surface area contributed by atoms with E-state index in [-0.39, 0.29) is 18.0 Å². The van der Waals surface area contributed by atoms with Crippen LogP contribution in [-0.2, 0) is 11.2 Å². The van der Waals surface area contributed by atoms with Gasteiger partial charge >= 0.3 is 6.03 Å². The standard InChI is InChI=1S/C12H16BrN3O2S/c1-16-7-5-9(11(16)17)15-12(18)14-6-4-8-2-3-10(13)19-8/h2-3,9H,4-7H2,1H3,(H2,14,15,18)/t9-/m0/s1. The van der Waals surface area contributed by atoms with Crippen LogP contribution < -0.4 is 10.6 Å². The molecule has 3 amide bonds. The molecule has 0 unspecified atom stereocenters. The highest BCUT2D eigenvalue weighted by Crippen LogP contribution is 2.22. The molecule has 0 radical (unpaired) electrons. The van der Waals surface area contributed by atoms with Crippen LogP contribution in [0.15, 0.2) is 15.9 Å².